The molecule has 0 aliphatic carbocycles. The second kappa shape index (κ2) is 8.05. The van der Waals surface area contributed by atoms with E-state index in [9.17, 15) is 4.79 Å². The van der Waals surface area contributed by atoms with Gasteiger partial charge in [0.15, 0.2) is 6.54 Å². The van der Waals surface area contributed by atoms with E-state index in [4.69, 9.17) is 0 Å². The summed E-state index contributed by atoms with van der Waals surface area (Å²) in [7, 11) is 2.01. The molecule has 0 aliphatic rings. The van der Waals surface area contributed by atoms with Crippen molar-refractivity contribution in [2.75, 3.05) is 18.9 Å². The molecule has 0 saturated carbocycles. The normalized spacial score (nSPS) is 11.9. The van der Waals surface area contributed by atoms with Gasteiger partial charge in [-0.1, -0.05) is 48.0 Å². The number of amides is 1. The Hall–Kier alpha value is -2.50. The van der Waals surface area contributed by atoms with Crippen molar-refractivity contribution in [3.63, 3.8) is 0 Å². The summed E-state index contributed by atoms with van der Waals surface area (Å²) in [6, 6.07) is 18.0. The van der Waals surface area contributed by atoms with Crippen LogP contribution in [0.2, 0.25) is 0 Å². The Bertz CT molecular complexity index is 828. The highest BCUT2D eigenvalue weighted by molar-refractivity contribution is 7.13. The van der Waals surface area contributed by atoms with Crippen molar-refractivity contribution in [1.82, 2.24) is 4.98 Å². The van der Waals surface area contributed by atoms with E-state index in [0.29, 0.717) is 6.54 Å². The van der Waals surface area contributed by atoms with Crippen molar-refractivity contribution in [1.29, 1.82) is 0 Å². The summed E-state index contributed by atoms with van der Waals surface area (Å²) in [5.41, 5.74) is 4.17. The molecule has 5 heteroatoms. The average molecular weight is 352 g/mol. The number of hydrogen-bond acceptors (Lipinski definition) is 3. The first-order valence-corrected chi connectivity index (χ1v) is 9.16. The van der Waals surface area contributed by atoms with Crippen LogP contribution in [0, 0.1) is 6.92 Å². The van der Waals surface area contributed by atoms with Gasteiger partial charge in [-0.3, -0.25) is 4.79 Å². The standard InChI is InChI=1S/C20H21N3OS/c1-15-8-10-17(11-9-15)21-19(24)13-23(2)12-18-14-25-20(22-18)16-6-4-3-5-7-16/h3-11,14H,12-13H2,1-2H3,(H,21,24)/p+1. The lowest BCUT2D eigenvalue weighted by Gasteiger charge is -2.12. The van der Waals surface area contributed by atoms with Crippen molar-refractivity contribution in [2.45, 2.75) is 13.5 Å². The van der Waals surface area contributed by atoms with Gasteiger partial charge in [-0.2, -0.15) is 0 Å². The molecule has 2 N–H and O–H groups in total. The van der Waals surface area contributed by atoms with E-state index in [0.717, 1.165) is 33.4 Å². The number of nitrogens with zero attached hydrogens (tertiary/aromatic N) is 1. The predicted molar refractivity (Wildman–Crippen MR) is 103 cm³/mol. The molecule has 1 heterocycles. The lowest BCUT2D eigenvalue weighted by Crippen LogP contribution is -3.08. The van der Waals surface area contributed by atoms with Gasteiger partial charge in [0.1, 0.15) is 17.2 Å². The van der Waals surface area contributed by atoms with E-state index >= 15 is 0 Å². The molecule has 3 aromatic rings. The maximum absolute atomic E-state index is 12.2. The molecular weight excluding hydrogens is 330 g/mol. The SMILES string of the molecule is Cc1ccc(NC(=O)C[NH+](C)Cc2csc(-c3ccccc3)n2)cc1. The van der Waals surface area contributed by atoms with Crippen molar-refractivity contribution in [3.8, 4) is 10.6 Å². The van der Waals surface area contributed by atoms with Gasteiger partial charge in [0.25, 0.3) is 5.91 Å². The number of thiazole rings is 1. The second-order valence-electron chi connectivity index (χ2n) is 6.23. The summed E-state index contributed by atoms with van der Waals surface area (Å²) >= 11 is 1.64. The molecule has 128 valence electrons. The molecule has 0 bridgehead atoms. The lowest BCUT2D eigenvalue weighted by molar-refractivity contribution is -0.885. The minimum atomic E-state index is 0.0138. The Morgan fingerprint density at radius 2 is 1.84 bits per heavy atom. The molecule has 1 amide bonds. The minimum Gasteiger partial charge on any atom is -0.325 e. The molecular formula is C20H22N3OS+. The second-order valence-corrected chi connectivity index (χ2v) is 7.09. The summed E-state index contributed by atoms with van der Waals surface area (Å²) in [6.45, 7) is 3.16. The van der Waals surface area contributed by atoms with E-state index in [1.54, 1.807) is 11.3 Å². The van der Waals surface area contributed by atoms with Gasteiger partial charge in [0.05, 0.1) is 7.05 Å². The maximum Gasteiger partial charge on any atom is 0.279 e. The van der Waals surface area contributed by atoms with Gasteiger partial charge in [-0.25, -0.2) is 4.98 Å². The number of benzene rings is 2. The Morgan fingerprint density at radius 1 is 1.12 bits per heavy atom. The van der Waals surface area contributed by atoms with E-state index in [2.05, 4.69) is 27.8 Å². The van der Waals surface area contributed by atoms with Gasteiger partial charge < -0.3 is 10.2 Å². The molecule has 0 fully saturated rings. The molecule has 1 aromatic heterocycles. The smallest absolute Gasteiger partial charge is 0.279 e. The third-order valence-electron chi connectivity index (χ3n) is 3.85. The Balaban J connectivity index is 1.54. The molecule has 2 aromatic carbocycles. The van der Waals surface area contributed by atoms with Gasteiger partial charge in [-0.15, -0.1) is 11.3 Å². The number of nitrogens with one attached hydrogen (secondary N) is 2. The largest absolute Gasteiger partial charge is 0.325 e. The fraction of sp³-hybridized carbons (Fsp3) is 0.200. The van der Waals surface area contributed by atoms with Crippen molar-refractivity contribution in [3.05, 3.63) is 71.2 Å². The molecule has 0 radical (unpaired) electrons. The maximum atomic E-state index is 12.2. The van der Waals surface area contributed by atoms with Crippen molar-refractivity contribution >= 4 is 22.9 Å². The molecule has 0 aliphatic heterocycles. The van der Waals surface area contributed by atoms with Gasteiger partial charge >= 0.3 is 0 Å². The highest BCUT2D eigenvalue weighted by Gasteiger charge is 2.13. The minimum absolute atomic E-state index is 0.0138. The van der Waals surface area contributed by atoms with E-state index in [-0.39, 0.29) is 5.91 Å². The van der Waals surface area contributed by atoms with Crippen LogP contribution in [0.25, 0.3) is 10.6 Å². The topological polar surface area (TPSA) is 46.4 Å². The highest BCUT2D eigenvalue weighted by atomic mass is 32.1. The van der Waals surface area contributed by atoms with Crippen LogP contribution in [0.15, 0.2) is 60.0 Å². The molecule has 4 nitrogen and oxygen atoms in total. The fourth-order valence-electron chi connectivity index (χ4n) is 2.59. The van der Waals surface area contributed by atoms with Crippen LogP contribution in [0.5, 0.6) is 0 Å². The zero-order chi connectivity index (χ0) is 17.6. The van der Waals surface area contributed by atoms with Crippen LogP contribution in [-0.2, 0) is 11.3 Å². The van der Waals surface area contributed by atoms with Crippen LogP contribution in [-0.4, -0.2) is 24.5 Å². The predicted octanol–water partition coefficient (Wildman–Crippen LogP) is 2.77. The number of carbonyl (C=O) groups excluding carboxylic acids is 1. The Labute approximate surface area is 152 Å². The first kappa shape index (κ1) is 17.3. The number of anilines is 1. The van der Waals surface area contributed by atoms with E-state index in [1.165, 1.54) is 5.56 Å². The zero-order valence-corrected chi connectivity index (χ0v) is 15.3. The highest BCUT2D eigenvalue weighted by Crippen LogP contribution is 2.22. The lowest BCUT2D eigenvalue weighted by atomic mass is 10.2. The van der Waals surface area contributed by atoms with Gasteiger partial charge in [-0.05, 0) is 19.1 Å². The van der Waals surface area contributed by atoms with Crippen LogP contribution >= 0.6 is 11.3 Å². The number of rotatable bonds is 6. The number of aromatic nitrogens is 1. The van der Waals surface area contributed by atoms with Gasteiger partial charge in [0, 0.05) is 16.6 Å². The van der Waals surface area contributed by atoms with E-state index < -0.39 is 0 Å². The monoisotopic (exact) mass is 352 g/mol. The van der Waals surface area contributed by atoms with Crippen LogP contribution in [0.3, 0.4) is 0 Å². The number of hydrogen-bond donors (Lipinski definition) is 2. The van der Waals surface area contributed by atoms with Crippen LogP contribution < -0.4 is 10.2 Å². The number of carbonyl (C=O) groups is 1. The summed E-state index contributed by atoms with van der Waals surface area (Å²) in [6.07, 6.45) is 0. The van der Waals surface area contributed by atoms with Gasteiger partial charge in [0.2, 0.25) is 0 Å². The summed E-state index contributed by atoms with van der Waals surface area (Å²) < 4.78 is 0. The van der Waals surface area contributed by atoms with Crippen molar-refractivity contribution < 1.29 is 9.69 Å². The number of quaternary nitrogens is 1. The van der Waals surface area contributed by atoms with Crippen LogP contribution in [0.1, 0.15) is 11.3 Å². The molecule has 0 spiro atoms. The fourth-order valence-corrected chi connectivity index (χ4v) is 3.42. The first-order chi connectivity index (χ1) is 12.1. The number of aryl methyl sites for hydroxylation is 1. The summed E-state index contributed by atoms with van der Waals surface area (Å²) in [5.74, 6) is 0.0138. The quantitative estimate of drug-likeness (QED) is 0.717. The molecule has 1 unspecified atom stereocenters. The molecule has 25 heavy (non-hydrogen) atoms. The third-order valence-corrected chi connectivity index (χ3v) is 4.79. The first-order valence-electron chi connectivity index (χ1n) is 8.28. The zero-order valence-electron chi connectivity index (χ0n) is 14.5. The molecule has 3 rings (SSSR count). The summed E-state index contributed by atoms with van der Waals surface area (Å²) in [5, 5.41) is 6.03. The third kappa shape index (κ3) is 4.98. The Morgan fingerprint density at radius 3 is 2.56 bits per heavy atom. The Kier molecular flexibility index (Phi) is 5.58. The number of likely N-dealkylation sites (N-methyl/N-ethyl adjacent to an activating group) is 1. The van der Waals surface area contributed by atoms with Crippen molar-refractivity contribution in [2.24, 2.45) is 0 Å². The summed E-state index contributed by atoms with van der Waals surface area (Å²) in [4.78, 5) is 18.0. The average Bonchev–Trinajstić information content (AvgIpc) is 3.06. The molecule has 0 saturated heterocycles. The van der Waals surface area contributed by atoms with E-state index in [1.807, 2.05) is 56.4 Å². The van der Waals surface area contributed by atoms with Crippen LogP contribution in [0.4, 0.5) is 5.69 Å². The molecule has 1 atom stereocenters.